The Hall–Kier alpha value is -2.19. The van der Waals surface area contributed by atoms with E-state index in [1.807, 2.05) is 39.3 Å². The summed E-state index contributed by atoms with van der Waals surface area (Å²) in [6.07, 6.45) is 0. The zero-order valence-corrected chi connectivity index (χ0v) is 39.5. The first kappa shape index (κ1) is 45.8. The van der Waals surface area contributed by atoms with Crippen molar-refractivity contribution in [3.63, 3.8) is 0 Å². The predicted octanol–water partition coefficient (Wildman–Crippen LogP) is 14.2. The first-order valence-corrected chi connectivity index (χ1v) is 29.2. The van der Waals surface area contributed by atoms with Gasteiger partial charge in [0.25, 0.3) is 0 Å². The molecule has 0 fully saturated rings. The van der Waals surface area contributed by atoms with Gasteiger partial charge in [-0.2, -0.15) is 12.1 Å². The standard InChI is InChI=1S/2C16H13.2C4H11NOSi.2ClH.In.Zr/c2*1-12-10-14-8-5-9-15(16(14)11-12)13-6-3-2-4-7-13;2*1-7(2,3)4(5)6;;;;/h2*2-11H,1H3;2*1-3H3,(H2,5,6);2*1H;;/q2*-1;;;;;;+2/p-4. The van der Waals surface area contributed by atoms with E-state index in [1.54, 1.807) is 0 Å². The zero-order valence-electron chi connectivity index (χ0n) is 30.2. The second-order valence-electron chi connectivity index (χ2n) is 13.6. The summed E-state index contributed by atoms with van der Waals surface area (Å²) in [6.45, 7) is 15.5. The predicted molar refractivity (Wildman–Crippen MR) is 223 cm³/mol. The van der Waals surface area contributed by atoms with Gasteiger partial charge in [-0.3, -0.25) is 0 Å². The molecule has 6 rings (SSSR count). The maximum absolute atomic E-state index is 10.2. The molecule has 0 saturated heterocycles. The molecule has 6 aromatic carbocycles. The molecular formula is C40H46Cl2InN2O2Si2Zr-4. The topological polar surface area (TPSA) is 81.7 Å². The molecule has 0 aliphatic heterocycles. The number of amides is 2. The maximum atomic E-state index is 10.2. The average Bonchev–Trinajstić information content (AvgIpc) is 3.63. The van der Waals surface area contributed by atoms with E-state index < -0.39 is 37.0 Å². The van der Waals surface area contributed by atoms with Crippen LogP contribution in [0.15, 0.2) is 121 Å². The number of hydrogen-bond donors (Lipinski definition) is 0. The number of aryl methyl sites for hydroxylation is 2. The molecule has 50 heavy (non-hydrogen) atoms. The molecule has 0 aromatic heterocycles. The van der Waals surface area contributed by atoms with Gasteiger partial charge < -0.3 is 21.1 Å². The molecular weight excluding hydrogens is 874 g/mol. The van der Waals surface area contributed by atoms with Gasteiger partial charge in [-0.15, -0.1) is 69.1 Å². The smallest absolute Gasteiger partial charge is 0 e. The van der Waals surface area contributed by atoms with Crippen LogP contribution in [0.2, 0.25) is 39.3 Å². The molecule has 3 radical (unpaired) electrons. The van der Waals surface area contributed by atoms with Gasteiger partial charge in [-0.1, -0.05) is 137 Å². The third kappa shape index (κ3) is 15.2. The van der Waals surface area contributed by atoms with Crippen molar-refractivity contribution in [3.05, 3.63) is 144 Å². The first-order valence-electron chi connectivity index (χ1n) is 15.9. The molecule has 261 valence electrons. The fourth-order valence-corrected chi connectivity index (χ4v) is 4.51. The largest absolute Gasteiger partial charge is 0 e. The van der Waals surface area contributed by atoms with E-state index in [2.05, 4.69) is 135 Å². The van der Waals surface area contributed by atoms with Crippen LogP contribution in [0.3, 0.4) is 0 Å². The number of hydrogen-bond acceptors (Lipinski definition) is 2. The van der Waals surface area contributed by atoms with Crippen molar-refractivity contribution in [2.24, 2.45) is 0 Å². The number of benzene rings is 4. The fourth-order valence-electron chi connectivity index (χ4n) is 4.51. The van der Waals surface area contributed by atoms with E-state index in [9.17, 15) is 9.59 Å². The number of nitrogens with one attached hydrogen (secondary N) is 2. The third-order valence-corrected chi connectivity index (χ3v) is 10.0. The number of carbonyl (C=O) groups is 2. The average molecular weight is 920 g/mol. The molecule has 0 unspecified atom stereocenters. The molecule has 0 aliphatic rings. The van der Waals surface area contributed by atoms with Crippen LogP contribution in [0.5, 0.6) is 0 Å². The summed E-state index contributed by atoms with van der Waals surface area (Å²) in [7, 11) is 6.45. The molecule has 2 amide bonds. The van der Waals surface area contributed by atoms with E-state index in [0.29, 0.717) is 0 Å². The minimum atomic E-state index is -1.71. The van der Waals surface area contributed by atoms with Crippen LogP contribution < -0.4 is 0 Å². The van der Waals surface area contributed by atoms with Crippen LogP contribution >= 0.6 is 17.0 Å². The molecule has 6 aromatic rings. The number of fused-ring (bicyclic) bond motifs is 2. The Labute approximate surface area is 338 Å². The molecule has 0 spiro atoms. The molecule has 0 atom stereocenters. The van der Waals surface area contributed by atoms with Crippen molar-refractivity contribution >= 4 is 91.6 Å². The number of rotatable bonds is 4. The van der Waals surface area contributed by atoms with E-state index >= 15 is 0 Å². The van der Waals surface area contributed by atoms with Gasteiger partial charge in [0.1, 0.15) is 0 Å². The van der Waals surface area contributed by atoms with Crippen LogP contribution in [-0.2, 0) is 20.8 Å². The number of halogens is 2. The van der Waals surface area contributed by atoms with Crippen LogP contribution in [0.25, 0.3) is 55.3 Å². The summed E-state index contributed by atoms with van der Waals surface area (Å²) in [4.78, 5) is 20.4. The summed E-state index contributed by atoms with van der Waals surface area (Å²) in [5, 5.41) is 5.37. The van der Waals surface area contributed by atoms with Crippen molar-refractivity contribution in [3.8, 4) is 22.3 Å². The summed E-state index contributed by atoms with van der Waals surface area (Å²) >= 11 is -0.826. The Morgan fingerprint density at radius 2 is 0.840 bits per heavy atom. The van der Waals surface area contributed by atoms with Gasteiger partial charge in [-0.05, 0) is 11.1 Å². The van der Waals surface area contributed by atoms with E-state index in [0.717, 1.165) is 0 Å². The van der Waals surface area contributed by atoms with Crippen molar-refractivity contribution in [1.29, 1.82) is 0 Å². The molecule has 0 heterocycles. The van der Waals surface area contributed by atoms with Crippen LogP contribution in [0, 0.1) is 13.8 Å². The summed E-state index contributed by atoms with van der Waals surface area (Å²) in [5.74, 6) is 0. The summed E-state index contributed by atoms with van der Waals surface area (Å²) in [6, 6.07) is 43.1. The fraction of sp³-hybridized carbons (Fsp3) is 0.200. The summed E-state index contributed by atoms with van der Waals surface area (Å²) < 4.78 is 0. The molecule has 0 aliphatic carbocycles. The molecule has 0 bridgehead atoms. The minimum absolute atomic E-state index is 0. The van der Waals surface area contributed by atoms with Gasteiger partial charge in [0.15, 0.2) is 0 Å². The van der Waals surface area contributed by atoms with E-state index in [4.69, 9.17) is 28.5 Å². The SMILES string of the molecule is C[Si](C)(C)C([NH-])=O.C[Si](C)(C)C([NH-])=O.Cc1cc2c(-c3ccccc3)cccc2[cH-]1.Cc1cc2c(-c3ccccc3)cccc2[cH-]1.[Cl][Zr][Cl].[In]. The second-order valence-corrected chi connectivity index (χ2v) is 27.3. The van der Waals surface area contributed by atoms with Crippen molar-refractivity contribution < 1.29 is 30.4 Å². The molecule has 2 N–H and O–H groups in total. The monoisotopic (exact) mass is 917 g/mol. The Balaban J connectivity index is 0.000000345. The number of carbonyl (C=O) groups excluding carboxylic acids is 2. The normalized spacial score (nSPS) is 10.4. The van der Waals surface area contributed by atoms with Crippen molar-refractivity contribution in [2.45, 2.75) is 53.1 Å². The van der Waals surface area contributed by atoms with Gasteiger partial charge >= 0.3 is 37.9 Å². The van der Waals surface area contributed by atoms with Crippen LogP contribution in [0.4, 0.5) is 9.59 Å². The van der Waals surface area contributed by atoms with Crippen LogP contribution in [0.1, 0.15) is 11.1 Å². The van der Waals surface area contributed by atoms with E-state index in [-0.39, 0.29) is 36.9 Å². The quantitative estimate of drug-likeness (QED) is 0.130. The Bertz CT molecular complexity index is 1780. The van der Waals surface area contributed by atoms with Gasteiger partial charge in [0, 0.05) is 36.9 Å². The minimum Gasteiger partial charge on any atom is 0 e. The molecule has 10 heteroatoms. The second kappa shape index (κ2) is 22.0. The first-order chi connectivity index (χ1) is 23.0. The van der Waals surface area contributed by atoms with Gasteiger partial charge in [0.05, 0.1) is 16.1 Å². The maximum Gasteiger partial charge on any atom is 0 e. The van der Waals surface area contributed by atoms with Crippen molar-refractivity contribution in [1.82, 2.24) is 0 Å². The zero-order chi connectivity index (χ0) is 36.8. The Morgan fingerprint density at radius 1 is 0.560 bits per heavy atom. The third-order valence-electron chi connectivity index (χ3n) is 7.32. The Morgan fingerprint density at radius 3 is 1.10 bits per heavy atom. The summed E-state index contributed by atoms with van der Waals surface area (Å²) in [5.41, 5.74) is 20.5. The van der Waals surface area contributed by atoms with Crippen molar-refractivity contribution in [2.75, 3.05) is 0 Å². The van der Waals surface area contributed by atoms with Gasteiger partial charge in [-0.25, -0.2) is 0 Å². The van der Waals surface area contributed by atoms with Gasteiger partial charge in [0.2, 0.25) is 0 Å². The Kier molecular flexibility index (Phi) is 20.2. The molecule has 4 nitrogen and oxygen atoms in total. The van der Waals surface area contributed by atoms with E-state index in [1.165, 1.54) is 54.9 Å². The van der Waals surface area contributed by atoms with Crippen LogP contribution in [-0.4, -0.2) is 53.1 Å². The molecule has 0 saturated carbocycles.